The minimum Gasteiger partial charge on any atom is -0.497 e. The Bertz CT molecular complexity index is 748. The predicted octanol–water partition coefficient (Wildman–Crippen LogP) is 2.70. The molecule has 3 rings (SSSR count). The molecule has 0 aliphatic rings. The van der Waals surface area contributed by atoms with Crippen LogP contribution in [0, 0.1) is 6.92 Å². The molecule has 1 aromatic carbocycles. The molecule has 2 N–H and O–H groups in total. The number of methoxy groups -OCH3 is 1. The Hall–Kier alpha value is -2.33. The van der Waals surface area contributed by atoms with E-state index in [1.165, 1.54) is 0 Å². The monoisotopic (exact) mass is 267 g/mol. The summed E-state index contributed by atoms with van der Waals surface area (Å²) in [5.74, 6) is 0.846. The van der Waals surface area contributed by atoms with Crippen LogP contribution in [0.15, 0.2) is 48.8 Å². The summed E-state index contributed by atoms with van der Waals surface area (Å²) in [7, 11) is 1.67. The maximum atomic E-state index is 6.43. The van der Waals surface area contributed by atoms with Crippen molar-refractivity contribution in [3.63, 3.8) is 0 Å². The van der Waals surface area contributed by atoms with Crippen molar-refractivity contribution in [3.8, 4) is 5.75 Å². The molecule has 0 aliphatic heterocycles. The number of fused-ring (bicyclic) bond motifs is 1. The van der Waals surface area contributed by atoms with Gasteiger partial charge in [0.25, 0.3) is 0 Å². The SMILES string of the molecule is COc1ccc(C(N)c2cnn3ccccc23)c(C)c1. The lowest BCUT2D eigenvalue weighted by Crippen LogP contribution is -2.13. The van der Waals surface area contributed by atoms with Gasteiger partial charge in [0.15, 0.2) is 0 Å². The largest absolute Gasteiger partial charge is 0.497 e. The fourth-order valence-electron chi connectivity index (χ4n) is 2.49. The number of nitrogens with two attached hydrogens (primary N) is 1. The number of benzene rings is 1. The van der Waals surface area contributed by atoms with Crippen LogP contribution in [0.5, 0.6) is 5.75 Å². The Balaban J connectivity index is 2.06. The van der Waals surface area contributed by atoms with Gasteiger partial charge >= 0.3 is 0 Å². The molecule has 1 atom stereocenters. The van der Waals surface area contributed by atoms with Crippen LogP contribution < -0.4 is 10.5 Å². The molecule has 2 aromatic heterocycles. The first kappa shape index (κ1) is 12.7. The molecule has 0 bridgehead atoms. The Labute approximate surface area is 117 Å². The first-order valence-corrected chi connectivity index (χ1v) is 6.53. The summed E-state index contributed by atoms with van der Waals surface area (Å²) in [6.07, 6.45) is 3.76. The minimum atomic E-state index is -0.194. The molecular formula is C16H17N3O. The van der Waals surface area contributed by atoms with Crippen LogP contribution in [0.3, 0.4) is 0 Å². The third kappa shape index (κ3) is 2.04. The van der Waals surface area contributed by atoms with E-state index in [1.54, 1.807) is 7.11 Å². The van der Waals surface area contributed by atoms with Gasteiger partial charge in [-0.1, -0.05) is 12.1 Å². The zero-order valence-electron chi connectivity index (χ0n) is 11.6. The second-order valence-corrected chi connectivity index (χ2v) is 4.83. The molecule has 0 fully saturated rings. The summed E-state index contributed by atoms with van der Waals surface area (Å²) in [5, 5.41) is 4.34. The van der Waals surface area contributed by atoms with E-state index in [0.717, 1.165) is 28.0 Å². The maximum Gasteiger partial charge on any atom is 0.119 e. The van der Waals surface area contributed by atoms with E-state index >= 15 is 0 Å². The number of aryl methyl sites for hydroxylation is 1. The van der Waals surface area contributed by atoms with Gasteiger partial charge in [0.1, 0.15) is 5.75 Å². The van der Waals surface area contributed by atoms with Crippen molar-refractivity contribution in [1.29, 1.82) is 0 Å². The van der Waals surface area contributed by atoms with Crippen LogP contribution in [0.25, 0.3) is 5.52 Å². The average molecular weight is 267 g/mol. The van der Waals surface area contributed by atoms with Gasteiger partial charge in [-0.3, -0.25) is 0 Å². The second-order valence-electron chi connectivity index (χ2n) is 4.83. The van der Waals surface area contributed by atoms with Crippen molar-refractivity contribution < 1.29 is 4.74 Å². The third-order valence-electron chi connectivity index (χ3n) is 3.60. The fourth-order valence-corrected chi connectivity index (χ4v) is 2.49. The number of pyridine rings is 1. The summed E-state index contributed by atoms with van der Waals surface area (Å²) in [4.78, 5) is 0. The topological polar surface area (TPSA) is 52.5 Å². The van der Waals surface area contributed by atoms with E-state index in [-0.39, 0.29) is 6.04 Å². The first-order chi connectivity index (χ1) is 9.70. The Morgan fingerprint density at radius 3 is 2.80 bits per heavy atom. The van der Waals surface area contributed by atoms with E-state index in [2.05, 4.69) is 5.10 Å². The molecule has 102 valence electrons. The van der Waals surface area contributed by atoms with Crippen LogP contribution in [0.1, 0.15) is 22.7 Å². The van der Waals surface area contributed by atoms with Gasteiger partial charge in [-0.2, -0.15) is 5.10 Å². The second kappa shape index (κ2) is 4.98. The molecule has 3 aromatic rings. The molecule has 0 saturated heterocycles. The van der Waals surface area contributed by atoms with Crippen LogP contribution in [0.2, 0.25) is 0 Å². The standard InChI is InChI=1S/C16H17N3O/c1-11-9-12(20-2)6-7-13(11)16(17)14-10-18-19-8-4-3-5-15(14)19/h3-10,16H,17H2,1-2H3. The molecule has 20 heavy (non-hydrogen) atoms. The fraction of sp³-hybridized carbons (Fsp3) is 0.188. The molecular weight excluding hydrogens is 250 g/mol. The van der Waals surface area contributed by atoms with E-state index in [1.807, 2.05) is 60.2 Å². The highest BCUT2D eigenvalue weighted by atomic mass is 16.5. The third-order valence-corrected chi connectivity index (χ3v) is 3.60. The van der Waals surface area contributed by atoms with Crippen molar-refractivity contribution in [2.75, 3.05) is 7.11 Å². The predicted molar refractivity (Wildman–Crippen MR) is 79.0 cm³/mol. The van der Waals surface area contributed by atoms with E-state index in [0.29, 0.717) is 0 Å². The highest BCUT2D eigenvalue weighted by molar-refractivity contribution is 5.57. The quantitative estimate of drug-likeness (QED) is 0.793. The first-order valence-electron chi connectivity index (χ1n) is 6.53. The number of hydrogen-bond acceptors (Lipinski definition) is 3. The van der Waals surface area contributed by atoms with Gasteiger partial charge in [-0.25, -0.2) is 4.52 Å². The van der Waals surface area contributed by atoms with Crippen LogP contribution in [0.4, 0.5) is 0 Å². The van der Waals surface area contributed by atoms with Crippen molar-refractivity contribution in [3.05, 3.63) is 65.5 Å². The Kier molecular flexibility index (Phi) is 3.16. The van der Waals surface area contributed by atoms with Crippen LogP contribution in [-0.4, -0.2) is 16.7 Å². The van der Waals surface area contributed by atoms with Crippen LogP contribution >= 0.6 is 0 Å². The number of rotatable bonds is 3. The summed E-state index contributed by atoms with van der Waals surface area (Å²) in [5.41, 5.74) is 10.7. The zero-order valence-corrected chi connectivity index (χ0v) is 11.6. The van der Waals surface area contributed by atoms with Gasteiger partial charge in [0.2, 0.25) is 0 Å². The van der Waals surface area contributed by atoms with Gasteiger partial charge in [0.05, 0.1) is 24.9 Å². The minimum absolute atomic E-state index is 0.194. The van der Waals surface area contributed by atoms with E-state index < -0.39 is 0 Å². The van der Waals surface area contributed by atoms with Gasteiger partial charge in [-0.05, 0) is 42.3 Å². The smallest absolute Gasteiger partial charge is 0.119 e. The van der Waals surface area contributed by atoms with Gasteiger partial charge in [-0.15, -0.1) is 0 Å². The Morgan fingerprint density at radius 1 is 1.20 bits per heavy atom. The highest BCUT2D eigenvalue weighted by Crippen LogP contribution is 2.28. The van der Waals surface area contributed by atoms with E-state index in [4.69, 9.17) is 10.5 Å². The van der Waals surface area contributed by atoms with Crippen molar-refractivity contribution in [2.45, 2.75) is 13.0 Å². The highest BCUT2D eigenvalue weighted by Gasteiger charge is 2.16. The van der Waals surface area contributed by atoms with Gasteiger partial charge in [0, 0.05) is 11.8 Å². The van der Waals surface area contributed by atoms with Crippen LogP contribution in [-0.2, 0) is 0 Å². The molecule has 0 radical (unpaired) electrons. The number of hydrogen-bond donors (Lipinski definition) is 1. The van der Waals surface area contributed by atoms with Crippen molar-refractivity contribution in [1.82, 2.24) is 9.61 Å². The molecule has 1 unspecified atom stereocenters. The maximum absolute atomic E-state index is 6.43. The summed E-state index contributed by atoms with van der Waals surface area (Å²) >= 11 is 0. The Morgan fingerprint density at radius 2 is 2.05 bits per heavy atom. The summed E-state index contributed by atoms with van der Waals surface area (Å²) < 4.78 is 7.07. The number of ether oxygens (including phenoxy) is 1. The lowest BCUT2D eigenvalue weighted by molar-refractivity contribution is 0.414. The normalized spacial score (nSPS) is 12.6. The molecule has 0 amide bonds. The molecule has 4 nitrogen and oxygen atoms in total. The lowest BCUT2D eigenvalue weighted by Gasteiger charge is -2.15. The molecule has 0 aliphatic carbocycles. The lowest BCUT2D eigenvalue weighted by atomic mass is 9.96. The molecule has 4 heteroatoms. The number of aromatic nitrogens is 2. The van der Waals surface area contributed by atoms with Crippen molar-refractivity contribution in [2.24, 2.45) is 5.73 Å². The van der Waals surface area contributed by atoms with Gasteiger partial charge < -0.3 is 10.5 Å². The van der Waals surface area contributed by atoms with Crippen molar-refractivity contribution >= 4 is 5.52 Å². The average Bonchev–Trinajstić information content (AvgIpc) is 2.90. The summed E-state index contributed by atoms with van der Waals surface area (Å²) in [6, 6.07) is 11.7. The number of nitrogens with zero attached hydrogens (tertiary/aromatic N) is 2. The molecule has 0 spiro atoms. The van der Waals surface area contributed by atoms with E-state index in [9.17, 15) is 0 Å². The summed E-state index contributed by atoms with van der Waals surface area (Å²) in [6.45, 7) is 2.05. The molecule has 2 heterocycles. The molecule has 0 saturated carbocycles. The zero-order chi connectivity index (χ0) is 14.1.